The van der Waals surface area contributed by atoms with Crippen LogP contribution < -0.4 is 5.73 Å². The van der Waals surface area contributed by atoms with E-state index in [1.165, 1.54) is 5.56 Å². The molecule has 0 radical (unpaired) electrons. The molecular formula is C9H10N2OS. The molecule has 0 saturated heterocycles. The second kappa shape index (κ2) is 3.47. The lowest BCUT2D eigenvalue weighted by molar-refractivity contribution is 0.100. The van der Waals surface area contributed by atoms with Gasteiger partial charge in [-0.1, -0.05) is 0 Å². The number of hydrogen-bond donors (Lipinski definition) is 1. The molecule has 1 aliphatic heterocycles. The Labute approximate surface area is 80.7 Å². The molecule has 2 rings (SSSR count). The van der Waals surface area contributed by atoms with Crippen LogP contribution in [0.2, 0.25) is 0 Å². The molecular weight excluding hydrogens is 184 g/mol. The van der Waals surface area contributed by atoms with E-state index in [4.69, 9.17) is 5.73 Å². The summed E-state index contributed by atoms with van der Waals surface area (Å²) >= 11 is 1.83. The summed E-state index contributed by atoms with van der Waals surface area (Å²) in [6.45, 7) is 0.0631. The van der Waals surface area contributed by atoms with Crippen LogP contribution in [-0.4, -0.2) is 17.3 Å². The van der Waals surface area contributed by atoms with E-state index >= 15 is 0 Å². The highest BCUT2D eigenvalue weighted by atomic mass is 32.2. The Balaban J connectivity index is 2.36. The number of ketones is 1. The minimum absolute atomic E-state index is 0.0350. The van der Waals surface area contributed by atoms with Gasteiger partial charge in [0.25, 0.3) is 0 Å². The lowest BCUT2D eigenvalue weighted by Crippen LogP contribution is -2.14. The van der Waals surface area contributed by atoms with E-state index in [1.54, 1.807) is 6.20 Å². The summed E-state index contributed by atoms with van der Waals surface area (Å²) in [6, 6.07) is 1.91. The molecule has 0 bridgehead atoms. The molecule has 1 aromatic heterocycles. The molecule has 0 spiro atoms. The number of fused-ring (bicyclic) bond motifs is 1. The molecule has 1 aromatic rings. The maximum atomic E-state index is 11.2. The number of thioether (sulfide) groups is 1. The van der Waals surface area contributed by atoms with Gasteiger partial charge in [-0.2, -0.15) is 11.8 Å². The van der Waals surface area contributed by atoms with E-state index < -0.39 is 0 Å². The molecule has 3 nitrogen and oxygen atoms in total. The summed E-state index contributed by atoms with van der Waals surface area (Å²) in [5.41, 5.74) is 8.20. The Morgan fingerprint density at radius 3 is 3.23 bits per heavy atom. The molecule has 0 unspecified atom stereocenters. The first-order valence-electron chi connectivity index (χ1n) is 4.10. The van der Waals surface area contributed by atoms with Crippen LogP contribution in [0.5, 0.6) is 0 Å². The normalized spacial score (nSPS) is 14.2. The number of Topliss-reactive ketones (excluding diaryl/α,β-unsaturated/α-hetero) is 1. The zero-order valence-electron chi connectivity index (χ0n) is 7.12. The smallest absolute Gasteiger partial charge is 0.177 e. The second-order valence-corrected chi connectivity index (χ2v) is 3.94. The number of carbonyl (C=O) groups excluding carboxylic acids is 1. The summed E-state index contributed by atoms with van der Waals surface area (Å²) < 4.78 is 0. The fourth-order valence-corrected chi connectivity index (χ4v) is 2.35. The van der Waals surface area contributed by atoms with Crippen LogP contribution >= 0.6 is 11.8 Å². The fraction of sp³-hybridized carbons (Fsp3) is 0.333. The Morgan fingerprint density at radius 2 is 2.46 bits per heavy atom. The van der Waals surface area contributed by atoms with E-state index in [0.29, 0.717) is 5.56 Å². The van der Waals surface area contributed by atoms with E-state index in [-0.39, 0.29) is 12.3 Å². The number of carbonyl (C=O) groups is 1. The van der Waals surface area contributed by atoms with Crippen LogP contribution in [0.3, 0.4) is 0 Å². The molecule has 0 aliphatic carbocycles. The third kappa shape index (κ3) is 1.59. The molecule has 4 heteroatoms. The van der Waals surface area contributed by atoms with Gasteiger partial charge >= 0.3 is 0 Å². The van der Waals surface area contributed by atoms with Gasteiger partial charge in [0.15, 0.2) is 5.78 Å². The van der Waals surface area contributed by atoms with Crippen molar-refractivity contribution in [1.82, 2.24) is 4.98 Å². The van der Waals surface area contributed by atoms with Crippen molar-refractivity contribution < 1.29 is 4.79 Å². The van der Waals surface area contributed by atoms with Gasteiger partial charge < -0.3 is 5.73 Å². The van der Waals surface area contributed by atoms with Gasteiger partial charge in [0.05, 0.1) is 12.2 Å². The lowest BCUT2D eigenvalue weighted by atomic mass is 10.1. The van der Waals surface area contributed by atoms with E-state index in [9.17, 15) is 4.79 Å². The molecule has 0 fully saturated rings. The maximum absolute atomic E-state index is 11.2. The number of rotatable bonds is 2. The number of nitrogens with two attached hydrogens (primary N) is 1. The highest BCUT2D eigenvalue weighted by Gasteiger charge is 2.14. The maximum Gasteiger partial charge on any atom is 0.177 e. The quantitative estimate of drug-likeness (QED) is 0.713. The van der Waals surface area contributed by atoms with Crippen LogP contribution in [0.15, 0.2) is 12.3 Å². The zero-order chi connectivity index (χ0) is 9.26. The fourth-order valence-electron chi connectivity index (χ4n) is 1.32. The largest absolute Gasteiger partial charge is 0.324 e. The summed E-state index contributed by atoms with van der Waals surface area (Å²) in [5.74, 6) is 1.90. The molecule has 0 aromatic carbocycles. The Kier molecular flexibility index (Phi) is 2.33. The minimum atomic E-state index is -0.0350. The molecule has 1 aliphatic rings. The topological polar surface area (TPSA) is 56.0 Å². The van der Waals surface area contributed by atoms with Crippen LogP contribution in [0.1, 0.15) is 21.6 Å². The number of aromatic nitrogens is 1. The highest BCUT2D eigenvalue weighted by molar-refractivity contribution is 7.98. The van der Waals surface area contributed by atoms with Crippen molar-refractivity contribution in [1.29, 1.82) is 0 Å². The number of pyridine rings is 1. The number of nitrogens with zero attached hydrogens (tertiary/aromatic N) is 1. The van der Waals surface area contributed by atoms with Crippen molar-refractivity contribution in [2.45, 2.75) is 11.5 Å². The second-order valence-electron chi connectivity index (χ2n) is 2.95. The molecule has 0 saturated carbocycles. The molecule has 2 heterocycles. The van der Waals surface area contributed by atoms with E-state index in [1.807, 2.05) is 17.8 Å². The first-order chi connectivity index (χ1) is 6.31. The van der Waals surface area contributed by atoms with Crippen molar-refractivity contribution in [3.63, 3.8) is 0 Å². The Hall–Kier alpha value is -0.870. The van der Waals surface area contributed by atoms with Gasteiger partial charge in [0, 0.05) is 23.3 Å². The van der Waals surface area contributed by atoms with Crippen LogP contribution in [0, 0.1) is 0 Å². The first-order valence-corrected chi connectivity index (χ1v) is 5.25. The third-order valence-corrected chi connectivity index (χ3v) is 3.06. The van der Waals surface area contributed by atoms with Crippen molar-refractivity contribution in [2.24, 2.45) is 5.73 Å². The molecule has 0 amide bonds. The molecule has 13 heavy (non-hydrogen) atoms. The summed E-state index contributed by atoms with van der Waals surface area (Å²) in [5, 5.41) is 0. The lowest BCUT2D eigenvalue weighted by Gasteiger charge is -2.00. The predicted octanol–water partition coefficient (Wildman–Crippen LogP) is 0.970. The highest BCUT2D eigenvalue weighted by Crippen LogP contribution is 2.28. The monoisotopic (exact) mass is 194 g/mol. The van der Waals surface area contributed by atoms with Crippen LogP contribution in [-0.2, 0) is 11.5 Å². The van der Waals surface area contributed by atoms with Crippen molar-refractivity contribution in [3.8, 4) is 0 Å². The van der Waals surface area contributed by atoms with Gasteiger partial charge in [-0.3, -0.25) is 9.78 Å². The molecule has 0 atom stereocenters. The van der Waals surface area contributed by atoms with Crippen molar-refractivity contribution in [3.05, 3.63) is 29.1 Å². The van der Waals surface area contributed by atoms with Gasteiger partial charge in [-0.25, -0.2) is 0 Å². The molecule has 2 N–H and O–H groups in total. The van der Waals surface area contributed by atoms with E-state index in [0.717, 1.165) is 17.2 Å². The Bertz CT molecular complexity index is 351. The summed E-state index contributed by atoms with van der Waals surface area (Å²) in [4.78, 5) is 15.5. The summed E-state index contributed by atoms with van der Waals surface area (Å²) in [7, 11) is 0. The van der Waals surface area contributed by atoms with Crippen LogP contribution in [0.25, 0.3) is 0 Å². The van der Waals surface area contributed by atoms with Gasteiger partial charge in [-0.05, 0) is 11.6 Å². The SMILES string of the molecule is NCC(=O)c1cnc2c(c1)CSC2. The standard InChI is InChI=1S/C9H10N2OS/c10-2-9(12)6-1-7-4-13-5-8(7)11-3-6/h1,3H,2,4-5,10H2. The van der Waals surface area contributed by atoms with E-state index in [2.05, 4.69) is 4.98 Å². The predicted molar refractivity (Wildman–Crippen MR) is 52.6 cm³/mol. The average molecular weight is 194 g/mol. The summed E-state index contributed by atoms with van der Waals surface area (Å²) in [6.07, 6.45) is 1.62. The minimum Gasteiger partial charge on any atom is -0.324 e. The Morgan fingerprint density at radius 1 is 1.62 bits per heavy atom. The average Bonchev–Trinajstić information content (AvgIpc) is 2.63. The van der Waals surface area contributed by atoms with Gasteiger partial charge in [0.1, 0.15) is 0 Å². The van der Waals surface area contributed by atoms with Crippen LogP contribution in [0.4, 0.5) is 0 Å². The van der Waals surface area contributed by atoms with Gasteiger partial charge in [0.2, 0.25) is 0 Å². The van der Waals surface area contributed by atoms with Crippen molar-refractivity contribution >= 4 is 17.5 Å². The third-order valence-electron chi connectivity index (χ3n) is 2.06. The van der Waals surface area contributed by atoms with Gasteiger partial charge in [-0.15, -0.1) is 0 Å². The van der Waals surface area contributed by atoms with Crippen molar-refractivity contribution in [2.75, 3.05) is 6.54 Å². The number of hydrogen-bond acceptors (Lipinski definition) is 4. The molecule has 68 valence electrons. The first kappa shape index (κ1) is 8.72. The zero-order valence-corrected chi connectivity index (χ0v) is 7.93.